The summed E-state index contributed by atoms with van der Waals surface area (Å²) in [4.78, 5) is 26.1. The first kappa shape index (κ1) is 17.9. The Morgan fingerprint density at radius 1 is 1.24 bits per heavy atom. The number of nitrogens with zero attached hydrogens (tertiary/aromatic N) is 1. The summed E-state index contributed by atoms with van der Waals surface area (Å²) < 4.78 is 0. The number of aliphatic hydroxyl groups is 1. The summed E-state index contributed by atoms with van der Waals surface area (Å²) >= 11 is 12.2. The minimum absolute atomic E-state index is 0.187. The molecule has 1 amide bonds. The number of rotatable bonds is 4. The zero-order valence-corrected chi connectivity index (χ0v) is 15.4. The van der Waals surface area contributed by atoms with Crippen molar-refractivity contribution in [3.05, 3.63) is 63.1 Å². The third kappa shape index (κ3) is 3.06. The van der Waals surface area contributed by atoms with Crippen molar-refractivity contribution >= 4 is 40.6 Å². The average Bonchev–Trinajstić information content (AvgIpc) is 2.72. The fourth-order valence-corrected chi connectivity index (χ4v) is 3.76. The first-order valence-corrected chi connectivity index (χ1v) is 8.57. The molecule has 0 aromatic heterocycles. The third-order valence-corrected chi connectivity index (χ3v) is 4.99. The number of carbonyl (C=O) groups excluding carboxylic acids is 2. The molecule has 1 heterocycles. The summed E-state index contributed by atoms with van der Waals surface area (Å²) in [5.74, 6) is -0.771. The van der Waals surface area contributed by atoms with Crippen LogP contribution in [0.4, 0.5) is 5.69 Å². The van der Waals surface area contributed by atoms with Gasteiger partial charge < -0.3 is 10.0 Å². The number of benzene rings is 2. The number of fused-ring (bicyclic) bond motifs is 1. The Kier molecular flexibility index (Phi) is 4.62. The van der Waals surface area contributed by atoms with Gasteiger partial charge in [-0.1, -0.05) is 47.5 Å². The Labute approximate surface area is 156 Å². The Morgan fingerprint density at radius 2 is 1.96 bits per heavy atom. The van der Waals surface area contributed by atoms with Crippen LogP contribution in [0.3, 0.4) is 0 Å². The molecular formula is C19H17Cl2NO3. The number of halogens is 2. The highest BCUT2D eigenvalue weighted by Crippen LogP contribution is 2.45. The fraction of sp³-hybridized carbons (Fsp3) is 0.263. The van der Waals surface area contributed by atoms with Gasteiger partial charge in [0.15, 0.2) is 5.60 Å². The Hall–Kier alpha value is -1.88. The molecule has 0 aliphatic carbocycles. The van der Waals surface area contributed by atoms with Gasteiger partial charge in [-0.05, 0) is 37.1 Å². The molecule has 3 rings (SSSR count). The van der Waals surface area contributed by atoms with Crippen LogP contribution < -0.4 is 4.90 Å². The van der Waals surface area contributed by atoms with E-state index in [2.05, 4.69) is 0 Å². The molecule has 4 nitrogen and oxygen atoms in total. The van der Waals surface area contributed by atoms with Crippen LogP contribution in [0.1, 0.15) is 30.0 Å². The van der Waals surface area contributed by atoms with Crippen LogP contribution in [-0.2, 0) is 21.7 Å². The molecule has 6 heteroatoms. The van der Waals surface area contributed by atoms with E-state index in [9.17, 15) is 14.7 Å². The van der Waals surface area contributed by atoms with Gasteiger partial charge in [0.25, 0.3) is 5.91 Å². The molecule has 1 aliphatic heterocycles. The summed E-state index contributed by atoms with van der Waals surface area (Å²) in [6.45, 7) is 3.41. The maximum Gasteiger partial charge on any atom is 0.264 e. The van der Waals surface area contributed by atoms with Gasteiger partial charge in [0, 0.05) is 22.0 Å². The van der Waals surface area contributed by atoms with Crippen molar-refractivity contribution < 1.29 is 14.7 Å². The second-order valence-corrected chi connectivity index (χ2v) is 7.18. The number of para-hydroxylation sites is 1. The molecule has 2 aromatic rings. The monoisotopic (exact) mass is 377 g/mol. The van der Waals surface area contributed by atoms with Crippen molar-refractivity contribution in [2.45, 2.75) is 32.4 Å². The highest BCUT2D eigenvalue weighted by Gasteiger charge is 2.50. The van der Waals surface area contributed by atoms with E-state index in [1.807, 2.05) is 13.0 Å². The van der Waals surface area contributed by atoms with Crippen LogP contribution in [0.15, 0.2) is 36.4 Å². The number of ketones is 1. The molecular weight excluding hydrogens is 361 g/mol. The zero-order valence-electron chi connectivity index (χ0n) is 13.8. The molecule has 130 valence electrons. The predicted molar refractivity (Wildman–Crippen MR) is 98.0 cm³/mol. The van der Waals surface area contributed by atoms with Gasteiger partial charge in [-0.2, -0.15) is 0 Å². The van der Waals surface area contributed by atoms with Crippen molar-refractivity contribution in [2.75, 3.05) is 4.90 Å². The van der Waals surface area contributed by atoms with Gasteiger partial charge >= 0.3 is 0 Å². The molecule has 2 aromatic carbocycles. The highest BCUT2D eigenvalue weighted by atomic mass is 35.5. The number of hydrogen-bond donors (Lipinski definition) is 1. The van der Waals surface area contributed by atoms with Gasteiger partial charge in [-0.3, -0.25) is 9.59 Å². The normalized spacial score (nSPS) is 19.2. The summed E-state index contributed by atoms with van der Waals surface area (Å²) in [5, 5.41) is 12.0. The second kappa shape index (κ2) is 6.45. The van der Waals surface area contributed by atoms with E-state index in [0.717, 1.165) is 5.56 Å². The third-order valence-electron chi connectivity index (χ3n) is 4.40. The maximum absolute atomic E-state index is 13.0. The average molecular weight is 378 g/mol. The summed E-state index contributed by atoms with van der Waals surface area (Å²) in [7, 11) is 0. The van der Waals surface area contributed by atoms with E-state index in [4.69, 9.17) is 23.2 Å². The van der Waals surface area contributed by atoms with Crippen LogP contribution in [0.2, 0.25) is 10.0 Å². The minimum atomic E-state index is -1.84. The summed E-state index contributed by atoms with van der Waals surface area (Å²) in [6, 6.07) is 10.4. The van der Waals surface area contributed by atoms with Crippen molar-refractivity contribution in [3.63, 3.8) is 0 Å². The molecule has 1 N–H and O–H groups in total. The Balaban J connectivity index is 2.09. The molecule has 0 fully saturated rings. The standard InChI is InChI=1S/C19H17Cl2NO3/c1-11-4-3-5-15-17(11)22(18(24)19(15,25)9-12(2)23)10-13-6-7-14(20)8-16(13)21/h3-8,25H,9-10H2,1-2H3/t19-/m0/s1. The minimum Gasteiger partial charge on any atom is -0.375 e. The van der Waals surface area contributed by atoms with Crippen molar-refractivity contribution in [3.8, 4) is 0 Å². The lowest BCUT2D eigenvalue weighted by Gasteiger charge is -2.23. The smallest absolute Gasteiger partial charge is 0.264 e. The first-order chi connectivity index (χ1) is 11.7. The van der Waals surface area contributed by atoms with E-state index in [1.54, 1.807) is 30.3 Å². The van der Waals surface area contributed by atoms with Crippen LogP contribution in [0, 0.1) is 6.92 Å². The molecule has 1 aliphatic rings. The number of Topliss-reactive ketones (excluding diaryl/α,β-unsaturated/α-hetero) is 1. The lowest BCUT2D eigenvalue weighted by molar-refractivity contribution is -0.141. The van der Waals surface area contributed by atoms with Gasteiger partial charge in [-0.25, -0.2) is 0 Å². The van der Waals surface area contributed by atoms with Crippen molar-refractivity contribution in [1.82, 2.24) is 0 Å². The molecule has 0 unspecified atom stereocenters. The van der Waals surface area contributed by atoms with Gasteiger partial charge in [-0.15, -0.1) is 0 Å². The summed E-state index contributed by atoms with van der Waals surface area (Å²) in [6.07, 6.45) is -0.257. The van der Waals surface area contributed by atoms with E-state index < -0.39 is 11.5 Å². The lowest BCUT2D eigenvalue weighted by atomic mass is 9.89. The highest BCUT2D eigenvalue weighted by molar-refractivity contribution is 6.35. The number of amides is 1. The number of aryl methyl sites for hydroxylation is 1. The van der Waals surface area contributed by atoms with Crippen LogP contribution in [0.5, 0.6) is 0 Å². The predicted octanol–water partition coefficient (Wildman–Crippen LogP) is 4.02. The molecule has 0 saturated heterocycles. The fourth-order valence-electron chi connectivity index (χ4n) is 3.29. The topological polar surface area (TPSA) is 57.6 Å². The van der Waals surface area contributed by atoms with Gasteiger partial charge in [0.1, 0.15) is 5.78 Å². The van der Waals surface area contributed by atoms with Gasteiger partial charge in [0.2, 0.25) is 0 Å². The molecule has 0 saturated carbocycles. The van der Waals surface area contributed by atoms with Crippen LogP contribution in [-0.4, -0.2) is 16.8 Å². The van der Waals surface area contributed by atoms with Crippen molar-refractivity contribution in [1.29, 1.82) is 0 Å². The van der Waals surface area contributed by atoms with Gasteiger partial charge in [0.05, 0.1) is 12.2 Å². The summed E-state index contributed by atoms with van der Waals surface area (Å²) in [5.41, 5.74) is 0.794. The number of carbonyl (C=O) groups is 2. The SMILES string of the molecule is CC(=O)C[C@@]1(O)C(=O)N(Cc2ccc(Cl)cc2Cl)c2c(C)cccc21. The Bertz CT molecular complexity index is 881. The molecule has 0 radical (unpaired) electrons. The number of anilines is 1. The maximum atomic E-state index is 13.0. The molecule has 0 spiro atoms. The van der Waals surface area contributed by atoms with E-state index in [-0.39, 0.29) is 18.7 Å². The molecule has 0 bridgehead atoms. The Morgan fingerprint density at radius 3 is 2.60 bits per heavy atom. The largest absolute Gasteiger partial charge is 0.375 e. The van der Waals surface area contributed by atoms with E-state index >= 15 is 0 Å². The lowest BCUT2D eigenvalue weighted by Crippen LogP contribution is -2.41. The zero-order chi connectivity index (χ0) is 18.4. The number of hydrogen-bond acceptors (Lipinski definition) is 3. The molecule has 25 heavy (non-hydrogen) atoms. The van der Waals surface area contributed by atoms with Crippen LogP contribution >= 0.6 is 23.2 Å². The molecule has 1 atom stereocenters. The van der Waals surface area contributed by atoms with E-state index in [1.165, 1.54) is 11.8 Å². The first-order valence-electron chi connectivity index (χ1n) is 7.82. The van der Waals surface area contributed by atoms with Crippen LogP contribution in [0.25, 0.3) is 0 Å². The van der Waals surface area contributed by atoms with E-state index in [0.29, 0.717) is 26.9 Å². The second-order valence-electron chi connectivity index (χ2n) is 6.34. The van der Waals surface area contributed by atoms with Crippen molar-refractivity contribution in [2.24, 2.45) is 0 Å². The quantitative estimate of drug-likeness (QED) is 0.875.